The van der Waals surface area contributed by atoms with Crippen LogP contribution in [-0.4, -0.2) is 21.3 Å². The molecule has 0 fully saturated rings. The van der Waals surface area contributed by atoms with E-state index in [-0.39, 0.29) is 0 Å². The predicted octanol–water partition coefficient (Wildman–Crippen LogP) is 7.77. The van der Waals surface area contributed by atoms with Gasteiger partial charge in [0.2, 0.25) is 0 Å². The molecular weight excluding hydrogens is 382 g/mol. The van der Waals surface area contributed by atoms with E-state index in [0.29, 0.717) is 0 Å². The molecule has 0 bridgehead atoms. The lowest BCUT2D eigenvalue weighted by Gasteiger charge is -2.36. The Morgan fingerprint density at radius 2 is 1.06 bits per heavy atom. The lowest BCUT2D eigenvalue weighted by Crippen LogP contribution is -2.42. The van der Waals surface area contributed by atoms with Crippen molar-refractivity contribution in [1.82, 2.24) is 5.32 Å². The Morgan fingerprint density at radius 1 is 0.710 bits per heavy atom. The first-order valence-electron chi connectivity index (χ1n) is 11.4. The minimum absolute atomic E-state index is 0.459. The summed E-state index contributed by atoms with van der Waals surface area (Å²) in [5.74, 6) is 1.69. The lowest BCUT2D eigenvalue weighted by molar-refractivity contribution is 0.413. The van der Waals surface area contributed by atoms with Gasteiger partial charge in [-0.25, -0.2) is 0 Å². The highest BCUT2D eigenvalue weighted by molar-refractivity contribution is 5.53. The molecular formula is C28H45NO2. The summed E-state index contributed by atoms with van der Waals surface area (Å²) in [6.07, 6.45) is 6.35. The number of rotatable bonds is 7. The molecule has 31 heavy (non-hydrogen) atoms. The molecule has 3 nitrogen and oxygen atoms in total. The van der Waals surface area contributed by atoms with Crippen molar-refractivity contribution in [3.63, 3.8) is 0 Å². The van der Waals surface area contributed by atoms with E-state index in [9.17, 15) is 0 Å². The van der Waals surface area contributed by atoms with Crippen molar-refractivity contribution in [2.75, 3.05) is 21.3 Å². The van der Waals surface area contributed by atoms with E-state index in [4.69, 9.17) is 9.47 Å². The molecule has 2 aromatic rings. The molecule has 0 saturated carbocycles. The summed E-state index contributed by atoms with van der Waals surface area (Å²) < 4.78 is 10.6. The van der Waals surface area contributed by atoms with Crippen molar-refractivity contribution in [2.45, 2.75) is 60.9 Å². The Bertz CT molecular complexity index is 681. The van der Waals surface area contributed by atoms with E-state index in [1.807, 2.05) is 79.8 Å². The molecule has 0 spiro atoms. The van der Waals surface area contributed by atoms with Gasteiger partial charge in [-0.2, -0.15) is 0 Å². The number of benzene rings is 2. The van der Waals surface area contributed by atoms with Gasteiger partial charge in [-0.1, -0.05) is 84.0 Å². The monoisotopic (exact) mass is 427 g/mol. The molecule has 0 saturated heterocycles. The summed E-state index contributed by atoms with van der Waals surface area (Å²) in [5.41, 5.74) is 3.01. The number of likely N-dealkylation sites (N-methyl/N-ethyl adjacent to an activating group) is 1. The molecule has 174 valence electrons. The summed E-state index contributed by atoms with van der Waals surface area (Å²) in [5, 5.41) is 3.56. The smallest absolute Gasteiger partial charge is 0.118 e. The second-order valence-corrected chi connectivity index (χ2v) is 5.70. The van der Waals surface area contributed by atoms with Crippen LogP contribution in [0.3, 0.4) is 0 Å². The lowest BCUT2D eigenvalue weighted by atomic mass is 9.76. The maximum absolute atomic E-state index is 5.32. The van der Waals surface area contributed by atoms with E-state index in [2.05, 4.69) is 54.7 Å². The highest BCUT2D eigenvalue weighted by Gasteiger charge is 2.35. The summed E-state index contributed by atoms with van der Waals surface area (Å²) in [6, 6.07) is 16.4. The molecule has 2 aromatic carbocycles. The summed E-state index contributed by atoms with van der Waals surface area (Å²) in [6.45, 7) is 16.1. The van der Waals surface area contributed by atoms with Gasteiger partial charge in [0.1, 0.15) is 11.5 Å². The number of nitrogens with one attached hydrogen (secondary N) is 1. The molecule has 0 heterocycles. The third-order valence-corrected chi connectivity index (χ3v) is 4.51. The van der Waals surface area contributed by atoms with Crippen LogP contribution in [0.5, 0.6) is 11.5 Å². The average molecular weight is 428 g/mol. The third kappa shape index (κ3) is 7.91. The van der Waals surface area contributed by atoms with Crippen molar-refractivity contribution in [3.05, 3.63) is 83.5 Å². The zero-order chi connectivity index (χ0) is 24.3. The van der Waals surface area contributed by atoms with Crippen LogP contribution < -0.4 is 14.8 Å². The molecule has 0 aliphatic heterocycles. The predicted molar refractivity (Wildman–Crippen MR) is 138 cm³/mol. The van der Waals surface area contributed by atoms with Crippen molar-refractivity contribution in [3.8, 4) is 11.5 Å². The zero-order valence-electron chi connectivity index (χ0n) is 21.7. The second kappa shape index (κ2) is 18.3. The first-order valence-corrected chi connectivity index (χ1v) is 11.4. The Morgan fingerprint density at radius 3 is 1.29 bits per heavy atom. The van der Waals surface area contributed by atoms with Crippen LogP contribution in [-0.2, 0) is 5.54 Å². The first-order chi connectivity index (χ1) is 15.2. The van der Waals surface area contributed by atoms with E-state index in [1.165, 1.54) is 5.57 Å². The van der Waals surface area contributed by atoms with Crippen LogP contribution in [0.2, 0.25) is 0 Å². The second-order valence-electron chi connectivity index (χ2n) is 5.70. The van der Waals surface area contributed by atoms with Crippen molar-refractivity contribution in [2.24, 2.45) is 0 Å². The Balaban J connectivity index is 0. The van der Waals surface area contributed by atoms with E-state index in [0.717, 1.165) is 22.6 Å². The standard InChI is InChI=1S/C22H27NO2.3C2H6/c1-6-8-17(7-2)22(23-3,18-9-13-20(24-4)14-10-18)19-11-15-21(25-5)16-12-19;3*1-2/h6-16,23H,1-5H3;3*1-2H3/b8-6-,17-7+;;;. The van der Waals surface area contributed by atoms with E-state index in [1.54, 1.807) is 14.2 Å². The molecule has 0 amide bonds. The number of allylic oxidation sites excluding steroid dienone is 2. The Labute approximate surface area is 192 Å². The number of ether oxygens (including phenoxy) is 2. The molecule has 1 N–H and O–H groups in total. The quantitative estimate of drug-likeness (QED) is 0.458. The van der Waals surface area contributed by atoms with Gasteiger partial charge in [-0.15, -0.1) is 0 Å². The molecule has 3 heteroatoms. The summed E-state index contributed by atoms with van der Waals surface area (Å²) in [4.78, 5) is 0. The minimum atomic E-state index is -0.459. The fraction of sp³-hybridized carbons (Fsp3) is 0.429. The van der Waals surface area contributed by atoms with Crippen LogP contribution >= 0.6 is 0 Å². The van der Waals surface area contributed by atoms with Crippen molar-refractivity contribution in [1.29, 1.82) is 0 Å². The fourth-order valence-electron chi connectivity index (χ4n) is 3.23. The number of methoxy groups -OCH3 is 2. The van der Waals surface area contributed by atoms with Crippen LogP contribution in [0.15, 0.2) is 72.3 Å². The number of hydrogen-bond donors (Lipinski definition) is 1. The average Bonchev–Trinajstić information content (AvgIpc) is 2.88. The van der Waals surface area contributed by atoms with Gasteiger partial charge >= 0.3 is 0 Å². The summed E-state index contributed by atoms with van der Waals surface area (Å²) >= 11 is 0. The van der Waals surface area contributed by atoms with Crippen molar-refractivity contribution < 1.29 is 9.47 Å². The maximum Gasteiger partial charge on any atom is 0.118 e. The van der Waals surface area contributed by atoms with E-state index >= 15 is 0 Å². The molecule has 0 aromatic heterocycles. The van der Waals surface area contributed by atoms with Gasteiger partial charge in [-0.05, 0) is 61.9 Å². The normalized spacial score (nSPS) is 10.6. The van der Waals surface area contributed by atoms with Crippen LogP contribution in [0.25, 0.3) is 0 Å². The van der Waals surface area contributed by atoms with Crippen LogP contribution in [0, 0.1) is 0 Å². The molecule has 0 unspecified atom stereocenters. The Kier molecular flexibility index (Phi) is 18.1. The van der Waals surface area contributed by atoms with Gasteiger partial charge in [0.05, 0.1) is 19.8 Å². The van der Waals surface area contributed by atoms with Crippen molar-refractivity contribution >= 4 is 0 Å². The highest BCUT2D eigenvalue weighted by atomic mass is 16.5. The topological polar surface area (TPSA) is 30.5 Å². The Hall–Kier alpha value is -2.52. The van der Waals surface area contributed by atoms with Crippen LogP contribution in [0.1, 0.15) is 66.5 Å². The van der Waals surface area contributed by atoms with Crippen LogP contribution in [0.4, 0.5) is 0 Å². The molecule has 0 atom stereocenters. The van der Waals surface area contributed by atoms with E-state index < -0.39 is 5.54 Å². The summed E-state index contributed by atoms with van der Waals surface area (Å²) in [7, 11) is 5.35. The SMILES string of the molecule is C/C=C\C(=C/C)C(NC)(c1ccc(OC)cc1)c1ccc(OC)cc1.CC.CC.CC. The molecule has 0 aliphatic rings. The molecule has 2 rings (SSSR count). The largest absolute Gasteiger partial charge is 0.497 e. The molecule has 0 aliphatic carbocycles. The van der Waals surface area contributed by atoms with Gasteiger partial charge in [0.15, 0.2) is 0 Å². The van der Waals surface area contributed by atoms with Gasteiger partial charge in [0, 0.05) is 0 Å². The van der Waals surface area contributed by atoms with Gasteiger partial charge < -0.3 is 14.8 Å². The zero-order valence-corrected chi connectivity index (χ0v) is 21.7. The van der Waals surface area contributed by atoms with Gasteiger partial charge in [0.25, 0.3) is 0 Å². The highest BCUT2D eigenvalue weighted by Crippen LogP contribution is 2.38. The fourth-order valence-corrected chi connectivity index (χ4v) is 3.23. The minimum Gasteiger partial charge on any atom is -0.497 e. The molecule has 0 radical (unpaired) electrons. The number of hydrogen-bond acceptors (Lipinski definition) is 3. The van der Waals surface area contributed by atoms with Gasteiger partial charge in [-0.3, -0.25) is 0 Å². The first kappa shape index (κ1) is 30.7. The maximum atomic E-state index is 5.32. The third-order valence-electron chi connectivity index (χ3n) is 4.51.